The summed E-state index contributed by atoms with van der Waals surface area (Å²) in [6.45, 7) is -0.0909. The molecule has 0 atom stereocenters. The van der Waals surface area contributed by atoms with Crippen LogP contribution in [0.3, 0.4) is 0 Å². The summed E-state index contributed by atoms with van der Waals surface area (Å²) in [5.41, 5.74) is -0.308. The second kappa shape index (κ2) is 7.49. The maximum Gasteiger partial charge on any atom is 0.416 e. The molecule has 0 aliphatic rings. The smallest absolute Gasteiger partial charge is 0.334 e. The van der Waals surface area contributed by atoms with Gasteiger partial charge in [-0.05, 0) is 30.3 Å². The summed E-state index contributed by atoms with van der Waals surface area (Å²) in [6.07, 6.45) is -4.50. The van der Waals surface area contributed by atoms with E-state index in [2.05, 4.69) is 14.9 Å². The van der Waals surface area contributed by atoms with E-state index in [-0.39, 0.29) is 18.8 Å². The molecule has 0 fully saturated rings. The summed E-state index contributed by atoms with van der Waals surface area (Å²) in [4.78, 5) is 3.70. The second-order valence-corrected chi connectivity index (χ2v) is 7.32. The fourth-order valence-electron chi connectivity index (χ4n) is 2.27. The Balaban J connectivity index is 1.64. The predicted molar refractivity (Wildman–Crippen MR) is 90.1 cm³/mol. The number of aromatic nitrogens is 2. The summed E-state index contributed by atoms with van der Waals surface area (Å²) in [5, 5.41) is 3.76. The molecule has 3 aromatic rings. The van der Waals surface area contributed by atoms with Gasteiger partial charge in [0.25, 0.3) is 5.89 Å². The number of hydrogen-bond donors (Lipinski definition) is 1. The predicted octanol–water partition coefficient (Wildman–Crippen LogP) is 3.28. The lowest BCUT2D eigenvalue weighted by atomic mass is 10.2. The van der Waals surface area contributed by atoms with Crippen molar-refractivity contribution in [1.29, 1.82) is 0 Å². The van der Waals surface area contributed by atoms with E-state index in [1.54, 1.807) is 12.1 Å². The van der Waals surface area contributed by atoms with E-state index in [1.807, 2.05) is 18.2 Å². The van der Waals surface area contributed by atoms with Gasteiger partial charge in [-0.25, -0.2) is 13.1 Å². The van der Waals surface area contributed by atoms with Crippen LogP contribution >= 0.6 is 0 Å². The highest BCUT2D eigenvalue weighted by Gasteiger charge is 2.31. The molecule has 0 aliphatic carbocycles. The van der Waals surface area contributed by atoms with Gasteiger partial charge in [0.15, 0.2) is 5.82 Å². The van der Waals surface area contributed by atoms with Crippen molar-refractivity contribution in [3.8, 4) is 11.5 Å². The molecule has 0 unspecified atom stereocenters. The van der Waals surface area contributed by atoms with E-state index in [4.69, 9.17) is 4.52 Å². The molecule has 1 aromatic heterocycles. The maximum absolute atomic E-state index is 12.7. The van der Waals surface area contributed by atoms with Crippen LogP contribution in [0.5, 0.6) is 0 Å². The van der Waals surface area contributed by atoms with E-state index >= 15 is 0 Å². The number of sulfonamides is 1. The van der Waals surface area contributed by atoms with Crippen LogP contribution in [0, 0.1) is 0 Å². The molecule has 142 valence electrons. The Hall–Kier alpha value is -2.72. The summed E-state index contributed by atoms with van der Waals surface area (Å²) < 4.78 is 69.9. The number of benzene rings is 2. The van der Waals surface area contributed by atoms with Crippen LogP contribution in [0.4, 0.5) is 13.2 Å². The third-order valence-electron chi connectivity index (χ3n) is 3.60. The zero-order valence-corrected chi connectivity index (χ0v) is 14.6. The van der Waals surface area contributed by atoms with Crippen LogP contribution in [-0.2, 0) is 22.6 Å². The minimum absolute atomic E-state index is 0.0909. The van der Waals surface area contributed by atoms with Gasteiger partial charge in [-0.1, -0.05) is 29.4 Å². The van der Waals surface area contributed by atoms with E-state index in [0.29, 0.717) is 12.0 Å². The average Bonchev–Trinajstić information content (AvgIpc) is 3.11. The molecule has 3 rings (SSSR count). The third kappa shape index (κ3) is 4.72. The average molecular weight is 397 g/mol. The van der Waals surface area contributed by atoms with Gasteiger partial charge in [0.1, 0.15) is 0 Å². The van der Waals surface area contributed by atoms with Gasteiger partial charge in [0.2, 0.25) is 10.0 Å². The number of nitrogens with one attached hydrogen (secondary N) is 1. The van der Waals surface area contributed by atoms with Crippen molar-refractivity contribution in [2.24, 2.45) is 0 Å². The van der Waals surface area contributed by atoms with Crippen LogP contribution in [0.2, 0.25) is 0 Å². The molecule has 0 saturated heterocycles. The van der Waals surface area contributed by atoms with E-state index in [1.165, 1.54) is 0 Å². The monoisotopic (exact) mass is 397 g/mol. The molecule has 0 radical (unpaired) electrons. The van der Waals surface area contributed by atoms with Crippen LogP contribution in [0.25, 0.3) is 11.5 Å². The number of alkyl halides is 3. The van der Waals surface area contributed by atoms with Crippen molar-refractivity contribution >= 4 is 10.0 Å². The molecule has 2 aromatic carbocycles. The lowest BCUT2D eigenvalue weighted by Gasteiger charge is -2.09. The van der Waals surface area contributed by atoms with Crippen molar-refractivity contribution < 1.29 is 26.1 Å². The lowest BCUT2D eigenvalue weighted by molar-refractivity contribution is -0.137. The Morgan fingerprint density at radius 1 is 1.04 bits per heavy atom. The molecule has 0 bridgehead atoms. The van der Waals surface area contributed by atoms with Gasteiger partial charge in [0.05, 0.1) is 10.5 Å². The normalized spacial score (nSPS) is 12.3. The Labute approximate surface area is 153 Å². The fraction of sp³-hybridized carbons (Fsp3) is 0.176. The summed E-state index contributed by atoms with van der Waals surface area (Å²) in [7, 11) is -4.09. The lowest BCUT2D eigenvalue weighted by Crippen LogP contribution is -2.26. The molecule has 0 spiro atoms. The van der Waals surface area contributed by atoms with Crippen molar-refractivity contribution in [2.75, 3.05) is 6.54 Å². The van der Waals surface area contributed by atoms with Crippen molar-refractivity contribution in [1.82, 2.24) is 14.9 Å². The van der Waals surface area contributed by atoms with E-state index in [0.717, 1.165) is 23.8 Å². The van der Waals surface area contributed by atoms with Crippen molar-refractivity contribution in [2.45, 2.75) is 17.5 Å². The third-order valence-corrected chi connectivity index (χ3v) is 5.06. The van der Waals surface area contributed by atoms with E-state index < -0.39 is 26.7 Å². The molecular weight excluding hydrogens is 383 g/mol. The maximum atomic E-state index is 12.7. The fourth-order valence-corrected chi connectivity index (χ4v) is 3.35. The first-order valence-corrected chi connectivity index (χ1v) is 9.29. The van der Waals surface area contributed by atoms with Crippen molar-refractivity contribution in [3.05, 3.63) is 66.0 Å². The molecule has 10 heteroatoms. The van der Waals surface area contributed by atoms with Gasteiger partial charge in [-0.15, -0.1) is 0 Å². The van der Waals surface area contributed by atoms with Gasteiger partial charge >= 0.3 is 6.18 Å². The number of nitrogens with zero attached hydrogens (tertiary/aromatic N) is 2. The molecule has 27 heavy (non-hydrogen) atoms. The van der Waals surface area contributed by atoms with Crippen LogP contribution < -0.4 is 4.72 Å². The highest BCUT2D eigenvalue weighted by molar-refractivity contribution is 7.89. The Morgan fingerprint density at radius 2 is 1.78 bits per heavy atom. The topological polar surface area (TPSA) is 85.1 Å². The largest absolute Gasteiger partial charge is 0.416 e. The quantitative estimate of drug-likeness (QED) is 0.690. The Bertz CT molecular complexity index is 1020. The second-order valence-electron chi connectivity index (χ2n) is 5.56. The number of rotatable bonds is 6. The van der Waals surface area contributed by atoms with Gasteiger partial charge < -0.3 is 4.52 Å². The van der Waals surface area contributed by atoms with Crippen molar-refractivity contribution in [3.63, 3.8) is 0 Å². The highest BCUT2D eigenvalue weighted by atomic mass is 32.2. The molecule has 6 nitrogen and oxygen atoms in total. The summed E-state index contributed by atoms with van der Waals surface area (Å²) in [6, 6.07) is 12.6. The highest BCUT2D eigenvalue weighted by Crippen LogP contribution is 2.30. The SMILES string of the molecule is O=S(=O)(NCCc1noc(-c2ccccc2)n1)c1cccc(C(F)(F)F)c1. The first-order chi connectivity index (χ1) is 12.8. The van der Waals surface area contributed by atoms with Gasteiger partial charge in [-0.3, -0.25) is 0 Å². The molecular formula is C17H14F3N3O3S. The van der Waals surface area contributed by atoms with Gasteiger partial charge in [-0.2, -0.15) is 18.2 Å². The Morgan fingerprint density at radius 3 is 2.48 bits per heavy atom. The summed E-state index contributed by atoms with van der Waals surface area (Å²) >= 11 is 0. The van der Waals surface area contributed by atoms with Crippen LogP contribution in [0.1, 0.15) is 11.4 Å². The minimum atomic E-state index is -4.62. The molecule has 1 N–H and O–H groups in total. The summed E-state index contributed by atoms with van der Waals surface area (Å²) in [5.74, 6) is 0.576. The van der Waals surface area contributed by atoms with Crippen LogP contribution in [-0.4, -0.2) is 25.1 Å². The molecule has 0 saturated carbocycles. The molecule has 0 aliphatic heterocycles. The standard InChI is InChI=1S/C17H14F3N3O3S/c18-17(19,20)13-7-4-8-14(11-13)27(24,25)21-10-9-15-22-16(26-23-15)12-5-2-1-3-6-12/h1-8,11,21H,9-10H2. The molecule has 0 amide bonds. The number of halogens is 3. The first kappa shape index (κ1) is 19.1. The first-order valence-electron chi connectivity index (χ1n) is 7.81. The zero-order chi connectivity index (χ0) is 19.5. The number of hydrogen-bond acceptors (Lipinski definition) is 5. The Kier molecular flexibility index (Phi) is 5.29. The minimum Gasteiger partial charge on any atom is -0.334 e. The van der Waals surface area contributed by atoms with Gasteiger partial charge in [0, 0.05) is 18.5 Å². The van der Waals surface area contributed by atoms with Crippen LogP contribution in [0.15, 0.2) is 64.0 Å². The molecule has 1 heterocycles. The zero-order valence-electron chi connectivity index (χ0n) is 13.8. The van der Waals surface area contributed by atoms with E-state index in [9.17, 15) is 21.6 Å².